The van der Waals surface area contributed by atoms with Crippen LogP contribution in [0.4, 0.5) is 5.95 Å². The number of hydrogen-bond donors (Lipinski definition) is 2. The lowest BCUT2D eigenvalue weighted by Crippen LogP contribution is -2.11. The third kappa shape index (κ3) is 5.18. The van der Waals surface area contributed by atoms with E-state index in [0.717, 1.165) is 5.75 Å². The molecule has 0 saturated heterocycles. The Labute approximate surface area is 105 Å². The summed E-state index contributed by atoms with van der Waals surface area (Å²) in [5.74, 6) is 1.26. The van der Waals surface area contributed by atoms with Gasteiger partial charge in [-0.3, -0.25) is 0 Å². The summed E-state index contributed by atoms with van der Waals surface area (Å²) in [5.41, 5.74) is 0. The molecule has 0 unspecified atom stereocenters. The third-order valence-corrected chi connectivity index (χ3v) is 2.63. The molecule has 0 atom stereocenters. The molecule has 0 aliphatic carbocycles. The van der Waals surface area contributed by atoms with Crippen molar-refractivity contribution in [1.82, 2.24) is 15.0 Å². The predicted octanol–water partition coefficient (Wildman–Crippen LogP) is 1.17. The molecule has 0 fully saturated rings. The van der Waals surface area contributed by atoms with Gasteiger partial charge in [0.15, 0.2) is 5.16 Å². The van der Waals surface area contributed by atoms with Gasteiger partial charge in [0.1, 0.15) is 0 Å². The minimum atomic E-state index is 0.0254. The number of aliphatic hydroxyl groups excluding tert-OH is 1. The molecular weight excluding hydrogens is 240 g/mol. The third-order valence-electron chi connectivity index (χ3n) is 1.69. The van der Waals surface area contributed by atoms with Crippen molar-refractivity contribution in [2.75, 3.05) is 24.7 Å². The molecule has 0 aliphatic rings. The minimum Gasteiger partial charge on any atom is -0.461 e. The Balaban J connectivity index is 2.74. The van der Waals surface area contributed by atoms with Crippen LogP contribution < -0.4 is 10.1 Å². The number of nitrogens with zero attached hydrogens (tertiary/aromatic N) is 3. The summed E-state index contributed by atoms with van der Waals surface area (Å²) >= 11 is 1.47. The van der Waals surface area contributed by atoms with Gasteiger partial charge in [0, 0.05) is 19.4 Å². The number of rotatable bonds is 7. The number of anilines is 1. The highest BCUT2D eigenvalue weighted by atomic mass is 32.2. The summed E-state index contributed by atoms with van der Waals surface area (Å²) in [6, 6.07) is 0.325. The lowest BCUT2D eigenvalue weighted by molar-refractivity contribution is 0.219. The van der Waals surface area contributed by atoms with Crippen molar-refractivity contribution in [3.63, 3.8) is 0 Å². The first-order chi connectivity index (χ1) is 8.15. The van der Waals surface area contributed by atoms with E-state index in [1.807, 2.05) is 13.8 Å². The molecular formula is C10H18N4O2S. The second kappa shape index (κ2) is 7.29. The zero-order chi connectivity index (χ0) is 12.7. The maximum atomic E-state index is 8.72. The summed E-state index contributed by atoms with van der Waals surface area (Å²) in [6.45, 7) is 4.01. The molecule has 1 heterocycles. The Bertz CT molecular complexity index is 349. The molecule has 7 heteroatoms. The van der Waals surface area contributed by atoms with Gasteiger partial charge < -0.3 is 15.2 Å². The summed E-state index contributed by atoms with van der Waals surface area (Å²) < 4.78 is 5.44. The summed E-state index contributed by atoms with van der Waals surface area (Å²) in [4.78, 5) is 12.5. The van der Waals surface area contributed by atoms with Crippen LogP contribution in [-0.4, -0.2) is 45.6 Å². The highest BCUT2D eigenvalue weighted by Gasteiger charge is 2.08. The molecule has 0 aliphatic heterocycles. The van der Waals surface area contributed by atoms with Crippen LogP contribution in [-0.2, 0) is 0 Å². The molecule has 0 radical (unpaired) electrons. The first-order valence-corrected chi connectivity index (χ1v) is 6.48. The van der Waals surface area contributed by atoms with Crippen LogP contribution in [0.2, 0.25) is 0 Å². The predicted molar refractivity (Wildman–Crippen MR) is 67.6 cm³/mol. The van der Waals surface area contributed by atoms with E-state index in [4.69, 9.17) is 9.84 Å². The van der Waals surface area contributed by atoms with E-state index >= 15 is 0 Å². The lowest BCUT2D eigenvalue weighted by Gasteiger charge is -2.09. The van der Waals surface area contributed by atoms with E-state index in [1.165, 1.54) is 11.8 Å². The zero-order valence-corrected chi connectivity index (χ0v) is 11.1. The molecule has 0 bridgehead atoms. The van der Waals surface area contributed by atoms with Gasteiger partial charge >= 0.3 is 6.01 Å². The number of nitrogens with one attached hydrogen (secondary N) is 1. The number of aromatic nitrogens is 3. The Kier molecular flexibility index (Phi) is 5.99. The smallest absolute Gasteiger partial charge is 0.322 e. The van der Waals surface area contributed by atoms with Gasteiger partial charge in [0.05, 0.1) is 6.10 Å². The molecule has 96 valence electrons. The highest BCUT2D eigenvalue weighted by Crippen LogP contribution is 2.18. The Morgan fingerprint density at radius 1 is 1.35 bits per heavy atom. The van der Waals surface area contributed by atoms with Crippen LogP contribution in [0.3, 0.4) is 0 Å². The minimum absolute atomic E-state index is 0.0254. The highest BCUT2D eigenvalue weighted by molar-refractivity contribution is 7.99. The molecule has 2 N–H and O–H groups in total. The summed E-state index contributed by atoms with van der Waals surface area (Å²) in [6.07, 6.45) is 0.739. The average Bonchev–Trinajstić information content (AvgIpc) is 2.28. The van der Waals surface area contributed by atoms with Crippen LogP contribution >= 0.6 is 11.8 Å². The lowest BCUT2D eigenvalue weighted by atomic mass is 10.5. The van der Waals surface area contributed by atoms with Gasteiger partial charge in [-0.05, 0) is 20.3 Å². The summed E-state index contributed by atoms with van der Waals surface area (Å²) in [7, 11) is 1.75. The fourth-order valence-corrected chi connectivity index (χ4v) is 1.76. The van der Waals surface area contributed by atoms with E-state index in [1.54, 1.807) is 7.05 Å². The Hall–Kier alpha value is -1.08. The van der Waals surface area contributed by atoms with Crippen molar-refractivity contribution in [3.05, 3.63) is 0 Å². The standard InChI is InChI=1S/C10H18N4O2S/c1-7(2)16-9-12-8(11-3)13-10(14-9)17-6-4-5-15/h7,15H,4-6H2,1-3H3,(H,11,12,13,14). The van der Waals surface area contributed by atoms with E-state index in [9.17, 15) is 0 Å². The zero-order valence-electron chi connectivity index (χ0n) is 10.3. The Morgan fingerprint density at radius 3 is 2.71 bits per heavy atom. The fourth-order valence-electron chi connectivity index (χ4n) is 1.01. The average molecular weight is 258 g/mol. The van der Waals surface area contributed by atoms with Gasteiger partial charge in [0.2, 0.25) is 5.95 Å². The number of hydrogen-bond acceptors (Lipinski definition) is 7. The molecule has 6 nitrogen and oxygen atoms in total. The van der Waals surface area contributed by atoms with Gasteiger partial charge in [-0.25, -0.2) is 0 Å². The topological polar surface area (TPSA) is 80.2 Å². The van der Waals surface area contributed by atoms with Crippen LogP contribution in [0, 0.1) is 0 Å². The molecule has 0 amide bonds. The van der Waals surface area contributed by atoms with Crippen molar-refractivity contribution >= 4 is 17.7 Å². The molecule has 0 saturated carbocycles. The van der Waals surface area contributed by atoms with Crippen molar-refractivity contribution in [1.29, 1.82) is 0 Å². The van der Waals surface area contributed by atoms with E-state index in [0.29, 0.717) is 23.5 Å². The van der Waals surface area contributed by atoms with Crippen LogP contribution in [0.1, 0.15) is 20.3 Å². The normalized spacial score (nSPS) is 10.6. The molecule has 17 heavy (non-hydrogen) atoms. The molecule has 0 aromatic carbocycles. The molecule has 1 aromatic rings. The Morgan fingerprint density at radius 2 is 2.12 bits per heavy atom. The van der Waals surface area contributed by atoms with Crippen molar-refractivity contribution in [2.24, 2.45) is 0 Å². The molecule has 0 spiro atoms. The van der Waals surface area contributed by atoms with Gasteiger partial charge in [-0.15, -0.1) is 0 Å². The molecule has 1 aromatic heterocycles. The second-order valence-corrected chi connectivity index (χ2v) is 4.63. The monoisotopic (exact) mass is 258 g/mol. The van der Waals surface area contributed by atoms with E-state index < -0.39 is 0 Å². The van der Waals surface area contributed by atoms with Crippen molar-refractivity contribution in [3.8, 4) is 6.01 Å². The first-order valence-electron chi connectivity index (χ1n) is 5.50. The van der Waals surface area contributed by atoms with Gasteiger partial charge in [-0.1, -0.05) is 11.8 Å². The van der Waals surface area contributed by atoms with E-state index in [-0.39, 0.29) is 12.7 Å². The summed E-state index contributed by atoms with van der Waals surface area (Å²) in [5, 5.41) is 12.2. The first kappa shape index (κ1) is 14.0. The van der Waals surface area contributed by atoms with Crippen LogP contribution in [0.5, 0.6) is 6.01 Å². The van der Waals surface area contributed by atoms with Crippen molar-refractivity contribution < 1.29 is 9.84 Å². The van der Waals surface area contributed by atoms with Crippen molar-refractivity contribution in [2.45, 2.75) is 31.5 Å². The quantitative estimate of drug-likeness (QED) is 0.561. The second-order valence-electron chi connectivity index (χ2n) is 3.57. The largest absolute Gasteiger partial charge is 0.461 e. The van der Waals surface area contributed by atoms with Crippen LogP contribution in [0.15, 0.2) is 5.16 Å². The molecule has 1 rings (SSSR count). The number of thioether (sulfide) groups is 1. The van der Waals surface area contributed by atoms with Gasteiger partial charge in [0.25, 0.3) is 0 Å². The maximum absolute atomic E-state index is 8.72. The fraction of sp³-hybridized carbons (Fsp3) is 0.700. The number of ether oxygens (including phenoxy) is 1. The maximum Gasteiger partial charge on any atom is 0.322 e. The number of aliphatic hydroxyl groups is 1. The van der Waals surface area contributed by atoms with Crippen LogP contribution in [0.25, 0.3) is 0 Å². The van der Waals surface area contributed by atoms with Gasteiger partial charge in [-0.2, -0.15) is 15.0 Å². The SMILES string of the molecule is CNc1nc(OC(C)C)nc(SCCCO)n1. The van der Waals surface area contributed by atoms with E-state index in [2.05, 4.69) is 20.3 Å².